The lowest BCUT2D eigenvalue weighted by Gasteiger charge is -2.21. The number of aliphatic hydroxyl groups is 1. The minimum absolute atomic E-state index is 0.134. The smallest absolute Gasteiger partial charge is 0.319 e. The van der Waals surface area contributed by atoms with Crippen molar-refractivity contribution in [3.05, 3.63) is 24.3 Å². The molecular formula is C13H18F2N2O2S. The Kier molecular flexibility index (Phi) is 6.22. The highest BCUT2D eigenvalue weighted by Gasteiger charge is 2.18. The summed E-state index contributed by atoms with van der Waals surface area (Å²) in [5, 5.41) is 14.8. The minimum atomic E-state index is -2.46. The summed E-state index contributed by atoms with van der Waals surface area (Å²) < 4.78 is 24.3. The zero-order valence-corrected chi connectivity index (χ0v) is 12.1. The molecule has 1 rings (SSSR count). The van der Waals surface area contributed by atoms with E-state index in [1.54, 1.807) is 19.1 Å². The van der Waals surface area contributed by atoms with E-state index in [2.05, 4.69) is 10.6 Å². The third-order valence-corrected chi connectivity index (χ3v) is 3.45. The molecule has 0 heterocycles. The van der Waals surface area contributed by atoms with Crippen LogP contribution in [0.4, 0.5) is 19.3 Å². The number of thioether (sulfide) groups is 1. The second kappa shape index (κ2) is 7.44. The number of nitrogens with one attached hydrogen (secondary N) is 2. The molecule has 1 aromatic carbocycles. The van der Waals surface area contributed by atoms with E-state index in [0.29, 0.717) is 28.8 Å². The van der Waals surface area contributed by atoms with Crippen molar-refractivity contribution >= 4 is 23.5 Å². The average molecular weight is 304 g/mol. The summed E-state index contributed by atoms with van der Waals surface area (Å²) in [6.45, 7) is 3.58. The monoisotopic (exact) mass is 304 g/mol. The summed E-state index contributed by atoms with van der Waals surface area (Å²) in [7, 11) is 0. The predicted octanol–water partition coefficient (Wildman–Crippen LogP) is 3.28. The molecule has 1 aromatic rings. The Morgan fingerprint density at radius 2 is 2.00 bits per heavy atom. The van der Waals surface area contributed by atoms with E-state index >= 15 is 0 Å². The fourth-order valence-electron chi connectivity index (χ4n) is 1.29. The van der Waals surface area contributed by atoms with Crippen LogP contribution in [0.3, 0.4) is 0 Å². The number of anilines is 1. The Labute approximate surface area is 120 Å². The number of amides is 2. The van der Waals surface area contributed by atoms with Gasteiger partial charge in [0, 0.05) is 17.1 Å². The first-order valence-electron chi connectivity index (χ1n) is 6.14. The van der Waals surface area contributed by atoms with Crippen molar-refractivity contribution in [2.75, 3.05) is 11.9 Å². The lowest BCUT2D eigenvalue weighted by Crippen LogP contribution is -2.41. The molecule has 0 saturated heterocycles. The largest absolute Gasteiger partial charge is 0.388 e. The second-order valence-electron chi connectivity index (χ2n) is 4.56. The van der Waals surface area contributed by atoms with Gasteiger partial charge in [-0.25, -0.2) is 4.79 Å². The van der Waals surface area contributed by atoms with Gasteiger partial charge in [-0.1, -0.05) is 18.7 Å². The van der Waals surface area contributed by atoms with Crippen LogP contribution in [-0.4, -0.2) is 29.0 Å². The van der Waals surface area contributed by atoms with Crippen molar-refractivity contribution in [3.8, 4) is 0 Å². The van der Waals surface area contributed by atoms with Gasteiger partial charge in [-0.05, 0) is 37.6 Å². The maximum absolute atomic E-state index is 12.1. The SMILES string of the molecule is CCC(C)(O)CNC(=O)Nc1ccc(SC(F)F)cc1. The molecule has 20 heavy (non-hydrogen) atoms. The molecular weight excluding hydrogens is 286 g/mol. The number of halogens is 2. The quantitative estimate of drug-likeness (QED) is 0.707. The third kappa shape index (κ3) is 6.21. The van der Waals surface area contributed by atoms with Gasteiger partial charge in [0.2, 0.25) is 0 Å². The molecule has 3 N–H and O–H groups in total. The molecule has 0 saturated carbocycles. The van der Waals surface area contributed by atoms with Gasteiger partial charge >= 0.3 is 6.03 Å². The van der Waals surface area contributed by atoms with Crippen molar-refractivity contribution in [3.63, 3.8) is 0 Å². The van der Waals surface area contributed by atoms with E-state index < -0.39 is 17.4 Å². The van der Waals surface area contributed by atoms with Gasteiger partial charge in [-0.2, -0.15) is 8.78 Å². The summed E-state index contributed by atoms with van der Waals surface area (Å²) in [6.07, 6.45) is 0.521. The van der Waals surface area contributed by atoms with E-state index in [1.807, 2.05) is 6.92 Å². The predicted molar refractivity (Wildman–Crippen MR) is 76.2 cm³/mol. The molecule has 0 fully saturated rings. The molecule has 7 heteroatoms. The van der Waals surface area contributed by atoms with Crippen LogP contribution >= 0.6 is 11.8 Å². The van der Waals surface area contributed by atoms with Crippen molar-refractivity contribution in [2.45, 2.75) is 36.5 Å². The highest BCUT2D eigenvalue weighted by Crippen LogP contribution is 2.26. The Bertz CT molecular complexity index is 439. The van der Waals surface area contributed by atoms with E-state index in [9.17, 15) is 18.7 Å². The van der Waals surface area contributed by atoms with Crippen LogP contribution in [0.5, 0.6) is 0 Å². The van der Waals surface area contributed by atoms with Crippen LogP contribution in [-0.2, 0) is 0 Å². The van der Waals surface area contributed by atoms with Crippen LogP contribution in [0, 0.1) is 0 Å². The molecule has 0 spiro atoms. The van der Waals surface area contributed by atoms with E-state index in [4.69, 9.17) is 0 Å². The van der Waals surface area contributed by atoms with Gasteiger partial charge in [0.1, 0.15) is 0 Å². The van der Waals surface area contributed by atoms with Gasteiger partial charge in [-0.3, -0.25) is 0 Å². The Balaban J connectivity index is 2.46. The number of benzene rings is 1. The fraction of sp³-hybridized carbons (Fsp3) is 0.462. The molecule has 0 aliphatic heterocycles. The average Bonchev–Trinajstić information content (AvgIpc) is 2.38. The molecule has 0 aromatic heterocycles. The number of rotatable bonds is 6. The summed E-state index contributed by atoms with van der Waals surface area (Å²) in [6, 6.07) is 5.65. The first kappa shape index (κ1) is 16.7. The molecule has 2 amide bonds. The number of hydrogen-bond donors (Lipinski definition) is 3. The number of hydrogen-bond acceptors (Lipinski definition) is 3. The van der Waals surface area contributed by atoms with Crippen LogP contribution in [0.25, 0.3) is 0 Å². The molecule has 0 radical (unpaired) electrons. The van der Waals surface area contributed by atoms with Gasteiger partial charge in [0.15, 0.2) is 0 Å². The van der Waals surface area contributed by atoms with E-state index in [0.717, 1.165) is 0 Å². The number of alkyl halides is 2. The maximum atomic E-state index is 12.1. The van der Waals surface area contributed by atoms with Crippen molar-refractivity contribution in [2.24, 2.45) is 0 Å². The summed E-state index contributed by atoms with van der Waals surface area (Å²) in [5.41, 5.74) is -0.452. The fourth-order valence-corrected chi connectivity index (χ4v) is 1.79. The Morgan fingerprint density at radius 1 is 1.40 bits per heavy atom. The van der Waals surface area contributed by atoms with Crippen LogP contribution in [0.2, 0.25) is 0 Å². The Hall–Kier alpha value is -1.34. The summed E-state index contributed by atoms with van der Waals surface area (Å²) in [4.78, 5) is 12.0. The van der Waals surface area contributed by atoms with Gasteiger partial charge in [0.25, 0.3) is 5.76 Å². The van der Waals surface area contributed by atoms with Crippen LogP contribution in [0.1, 0.15) is 20.3 Å². The second-order valence-corrected chi connectivity index (χ2v) is 5.62. The highest BCUT2D eigenvalue weighted by atomic mass is 32.2. The van der Waals surface area contributed by atoms with Gasteiger partial charge < -0.3 is 15.7 Å². The standard InChI is InChI=1S/C13H18F2N2O2S/c1-3-13(2,19)8-16-12(18)17-9-4-6-10(7-5-9)20-11(14)15/h4-7,11,19H,3,8H2,1-2H3,(H2,16,17,18). The Morgan fingerprint density at radius 3 is 2.50 bits per heavy atom. The first-order chi connectivity index (χ1) is 9.32. The van der Waals surface area contributed by atoms with Crippen LogP contribution < -0.4 is 10.6 Å². The van der Waals surface area contributed by atoms with Gasteiger partial charge in [-0.15, -0.1) is 0 Å². The molecule has 1 unspecified atom stereocenters. The third-order valence-electron chi connectivity index (χ3n) is 2.73. The zero-order chi connectivity index (χ0) is 15.2. The van der Waals surface area contributed by atoms with Crippen molar-refractivity contribution in [1.29, 1.82) is 0 Å². The summed E-state index contributed by atoms with van der Waals surface area (Å²) in [5.74, 6) is -2.46. The number of urea groups is 1. The summed E-state index contributed by atoms with van der Waals surface area (Å²) >= 11 is 0.448. The topological polar surface area (TPSA) is 61.4 Å². The zero-order valence-electron chi connectivity index (χ0n) is 11.3. The molecule has 0 aliphatic rings. The van der Waals surface area contributed by atoms with E-state index in [1.165, 1.54) is 12.1 Å². The van der Waals surface area contributed by atoms with Gasteiger partial charge in [0.05, 0.1) is 5.60 Å². The lowest BCUT2D eigenvalue weighted by molar-refractivity contribution is 0.0587. The molecule has 1 atom stereocenters. The van der Waals surface area contributed by atoms with Crippen molar-refractivity contribution < 1.29 is 18.7 Å². The van der Waals surface area contributed by atoms with Crippen LogP contribution in [0.15, 0.2) is 29.2 Å². The minimum Gasteiger partial charge on any atom is -0.388 e. The molecule has 0 aliphatic carbocycles. The van der Waals surface area contributed by atoms with Crippen molar-refractivity contribution in [1.82, 2.24) is 5.32 Å². The molecule has 4 nitrogen and oxygen atoms in total. The number of carbonyl (C=O) groups excluding carboxylic acids is 1. The molecule has 0 bridgehead atoms. The lowest BCUT2D eigenvalue weighted by atomic mass is 10.0. The molecule has 112 valence electrons. The van der Waals surface area contributed by atoms with E-state index in [-0.39, 0.29) is 6.54 Å². The highest BCUT2D eigenvalue weighted by molar-refractivity contribution is 7.99. The first-order valence-corrected chi connectivity index (χ1v) is 7.02. The normalized spacial score (nSPS) is 13.9. The number of carbonyl (C=O) groups is 1. The maximum Gasteiger partial charge on any atom is 0.319 e.